The van der Waals surface area contributed by atoms with Crippen molar-refractivity contribution in [3.63, 3.8) is 0 Å². The minimum absolute atomic E-state index is 0.0679. The van der Waals surface area contributed by atoms with Gasteiger partial charge in [0, 0.05) is 13.0 Å². The van der Waals surface area contributed by atoms with Crippen LogP contribution in [0, 0.1) is 0 Å². The number of nitrogens with one attached hydrogen (secondary N) is 1. The number of carboxylic acid groups (broad SMARTS) is 1. The van der Waals surface area contributed by atoms with E-state index in [1.807, 2.05) is 0 Å². The Balaban J connectivity index is 2.27. The molecule has 1 aromatic heterocycles. The molecule has 0 bridgehead atoms. The molecule has 21 heavy (non-hydrogen) atoms. The smallest absolute Gasteiger partial charge is 0.408 e. The molecule has 1 atom stereocenters. The first-order valence-corrected chi connectivity index (χ1v) is 6.51. The van der Waals surface area contributed by atoms with E-state index in [9.17, 15) is 9.59 Å². The fraction of sp³-hybridized carbons (Fsp3) is 0.615. The van der Waals surface area contributed by atoms with Gasteiger partial charge in [0.05, 0.1) is 12.8 Å². The minimum Gasteiger partial charge on any atom is -0.478 e. The molecule has 1 aliphatic rings. The second kappa shape index (κ2) is 5.36. The summed E-state index contributed by atoms with van der Waals surface area (Å²) in [5.74, 6) is -1.11. The van der Waals surface area contributed by atoms with Gasteiger partial charge in [-0.2, -0.15) is 0 Å². The second-order valence-electron chi connectivity index (χ2n) is 5.89. The minimum atomic E-state index is -1.18. The predicted octanol–water partition coefficient (Wildman–Crippen LogP) is 1.51. The number of carboxylic acids is 1. The van der Waals surface area contributed by atoms with E-state index in [0.717, 1.165) is 6.20 Å². The molecular weight excluding hydrogens is 280 g/mol. The van der Waals surface area contributed by atoms with E-state index in [2.05, 4.69) is 10.5 Å². The number of amides is 1. The van der Waals surface area contributed by atoms with Crippen molar-refractivity contribution in [2.24, 2.45) is 0 Å². The lowest BCUT2D eigenvalue weighted by Gasteiger charge is -2.28. The van der Waals surface area contributed by atoms with Crippen molar-refractivity contribution < 1.29 is 28.7 Å². The summed E-state index contributed by atoms with van der Waals surface area (Å²) in [5, 5.41) is 15.3. The number of rotatable bonds is 3. The topological polar surface area (TPSA) is 111 Å². The monoisotopic (exact) mass is 298 g/mol. The van der Waals surface area contributed by atoms with Crippen LogP contribution in [0.3, 0.4) is 0 Å². The molecule has 2 rings (SSSR count). The van der Waals surface area contributed by atoms with Crippen molar-refractivity contribution in [2.45, 2.75) is 38.3 Å². The summed E-state index contributed by atoms with van der Waals surface area (Å²) in [5.41, 5.74) is -1.84. The van der Waals surface area contributed by atoms with Gasteiger partial charge < -0.3 is 24.4 Å². The first-order valence-electron chi connectivity index (χ1n) is 6.51. The molecule has 2 heterocycles. The molecule has 0 aromatic carbocycles. The van der Waals surface area contributed by atoms with E-state index in [1.54, 1.807) is 20.8 Å². The van der Waals surface area contributed by atoms with Crippen LogP contribution in [0.1, 0.15) is 43.3 Å². The average molecular weight is 298 g/mol. The summed E-state index contributed by atoms with van der Waals surface area (Å²) in [6, 6.07) is 0. The van der Waals surface area contributed by atoms with Gasteiger partial charge in [0.25, 0.3) is 0 Å². The fourth-order valence-corrected chi connectivity index (χ4v) is 2.14. The SMILES string of the molecule is CC(C)(C)OC(=O)NC1(c2oncc2C(=O)O)CCOC1. The number of carbonyl (C=O) groups excluding carboxylic acids is 1. The Bertz CT molecular complexity index is 539. The van der Waals surface area contributed by atoms with Crippen molar-refractivity contribution >= 4 is 12.1 Å². The van der Waals surface area contributed by atoms with Crippen LogP contribution in [0.25, 0.3) is 0 Å². The number of hydrogen-bond donors (Lipinski definition) is 2. The van der Waals surface area contributed by atoms with Crippen LogP contribution >= 0.6 is 0 Å². The van der Waals surface area contributed by atoms with Crippen LogP contribution in [0.5, 0.6) is 0 Å². The van der Waals surface area contributed by atoms with E-state index in [0.29, 0.717) is 13.0 Å². The lowest BCUT2D eigenvalue weighted by Crippen LogP contribution is -2.48. The van der Waals surface area contributed by atoms with Gasteiger partial charge in [0.15, 0.2) is 5.76 Å². The van der Waals surface area contributed by atoms with Gasteiger partial charge in [-0.05, 0) is 20.8 Å². The normalized spacial score (nSPS) is 22.0. The molecule has 0 radical (unpaired) electrons. The van der Waals surface area contributed by atoms with Crippen molar-refractivity contribution in [1.82, 2.24) is 10.5 Å². The number of carbonyl (C=O) groups is 2. The van der Waals surface area contributed by atoms with Gasteiger partial charge >= 0.3 is 12.1 Å². The molecule has 8 heteroatoms. The number of nitrogens with zero attached hydrogens (tertiary/aromatic N) is 1. The zero-order valence-electron chi connectivity index (χ0n) is 12.1. The largest absolute Gasteiger partial charge is 0.478 e. The molecule has 1 saturated heterocycles. The van der Waals surface area contributed by atoms with Crippen LogP contribution in [0.4, 0.5) is 4.79 Å². The van der Waals surface area contributed by atoms with Crippen LogP contribution in [-0.2, 0) is 15.0 Å². The fourth-order valence-electron chi connectivity index (χ4n) is 2.14. The quantitative estimate of drug-likeness (QED) is 0.870. The standard InChI is InChI=1S/C13H18N2O6/c1-12(2,3)20-11(18)15-13(4-5-19-7-13)9-8(10(16)17)6-14-21-9/h6H,4-5,7H2,1-3H3,(H,15,18)(H,16,17). The number of hydrogen-bond acceptors (Lipinski definition) is 6. The lowest BCUT2D eigenvalue weighted by molar-refractivity contribution is 0.0407. The van der Waals surface area contributed by atoms with Crippen molar-refractivity contribution in [3.05, 3.63) is 17.5 Å². The third-order valence-electron chi connectivity index (χ3n) is 3.00. The van der Waals surface area contributed by atoms with Gasteiger partial charge in [-0.15, -0.1) is 0 Å². The Labute approximate surface area is 121 Å². The summed E-state index contributed by atoms with van der Waals surface area (Å²) >= 11 is 0. The number of aromatic nitrogens is 1. The van der Waals surface area contributed by atoms with Crippen molar-refractivity contribution in [3.8, 4) is 0 Å². The number of ether oxygens (including phenoxy) is 2. The molecular formula is C13H18N2O6. The van der Waals surface area contributed by atoms with Crippen molar-refractivity contribution in [2.75, 3.05) is 13.2 Å². The maximum atomic E-state index is 12.0. The molecule has 1 aromatic rings. The highest BCUT2D eigenvalue weighted by Gasteiger charge is 2.45. The molecule has 1 amide bonds. The maximum Gasteiger partial charge on any atom is 0.408 e. The van der Waals surface area contributed by atoms with Gasteiger partial charge in [0.1, 0.15) is 16.7 Å². The third kappa shape index (κ3) is 3.33. The average Bonchev–Trinajstić information content (AvgIpc) is 2.93. The first kappa shape index (κ1) is 15.3. The highest BCUT2D eigenvalue weighted by atomic mass is 16.6. The molecule has 1 unspecified atom stereocenters. The van der Waals surface area contributed by atoms with Gasteiger partial charge in [-0.3, -0.25) is 0 Å². The molecule has 1 aliphatic heterocycles. The summed E-state index contributed by atoms with van der Waals surface area (Å²) < 4.78 is 15.6. The highest BCUT2D eigenvalue weighted by molar-refractivity contribution is 5.89. The Morgan fingerprint density at radius 3 is 2.71 bits per heavy atom. The van der Waals surface area contributed by atoms with E-state index in [-0.39, 0.29) is 17.9 Å². The highest BCUT2D eigenvalue weighted by Crippen LogP contribution is 2.33. The Morgan fingerprint density at radius 2 is 2.19 bits per heavy atom. The van der Waals surface area contributed by atoms with Crippen molar-refractivity contribution in [1.29, 1.82) is 0 Å². The summed E-state index contributed by atoms with van der Waals surface area (Å²) in [7, 11) is 0. The molecule has 0 saturated carbocycles. The zero-order valence-corrected chi connectivity index (χ0v) is 12.1. The summed E-state index contributed by atoms with van der Waals surface area (Å²) in [6.45, 7) is 5.68. The van der Waals surface area contributed by atoms with Gasteiger partial charge in [-0.1, -0.05) is 5.16 Å². The Morgan fingerprint density at radius 1 is 1.48 bits per heavy atom. The predicted molar refractivity (Wildman–Crippen MR) is 69.9 cm³/mol. The van der Waals surface area contributed by atoms with E-state index >= 15 is 0 Å². The number of alkyl carbamates (subject to hydrolysis) is 1. The van der Waals surface area contributed by atoms with Crippen LogP contribution in [0.2, 0.25) is 0 Å². The zero-order chi connectivity index (χ0) is 15.7. The molecule has 8 nitrogen and oxygen atoms in total. The maximum absolute atomic E-state index is 12.0. The van der Waals surface area contributed by atoms with Crippen LogP contribution < -0.4 is 5.32 Å². The first-order chi connectivity index (χ1) is 9.73. The summed E-state index contributed by atoms with van der Waals surface area (Å²) in [4.78, 5) is 23.2. The molecule has 0 aliphatic carbocycles. The molecule has 116 valence electrons. The van der Waals surface area contributed by atoms with Crippen LogP contribution in [0.15, 0.2) is 10.7 Å². The molecule has 2 N–H and O–H groups in total. The van der Waals surface area contributed by atoms with Crippen LogP contribution in [-0.4, -0.2) is 41.1 Å². The summed E-state index contributed by atoms with van der Waals surface area (Å²) in [6.07, 6.45) is 0.816. The molecule has 0 spiro atoms. The second-order valence-corrected chi connectivity index (χ2v) is 5.89. The number of aromatic carboxylic acids is 1. The van der Waals surface area contributed by atoms with E-state index < -0.39 is 23.2 Å². The third-order valence-corrected chi connectivity index (χ3v) is 3.00. The Hall–Kier alpha value is -2.09. The Kier molecular flexibility index (Phi) is 3.91. The van der Waals surface area contributed by atoms with E-state index in [4.69, 9.17) is 19.1 Å². The molecule has 1 fully saturated rings. The van der Waals surface area contributed by atoms with Gasteiger partial charge in [-0.25, -0.2) is 9.59 Å². The van der Waals surface area contributed by atoms with Gasteiger partial charge in [0.2, 0.25) is 0 Å². The van der Waals surface area contributed by atoms with E-state index in [1.165, 1.54) is 0 Å². The lowest BCUT2D eigenvalue weighted by atomic mass is 9.92.